The van der Waals surface area contributed by atoms with Crippen LogP contribution in [0.4, 0.5) is 0 Å². The number of aliphatic hydroxyl groups is 1. The summed E-state index contributed by atoms with van der Waals surface area (Å²) in [5, 5.41) is 13.1. The maximum atomic E-state index is 9.83. The topological polar surface area (TPSA) is 50.7 Å². The lowest BCUT2D eigenvalue weighted by Crippen LogP contribution is -2.30. The van der Waals surface area contributed by atoms with E-state index in [0.29, 0.717) is 19.8 Å². The zero-order chi connectivity index (χ0) is 15.3. The second-order valence-corrected chi connectivity index (χ2v) is 5.12. The van der Waals surface area contributed by atoms with Crippen LogP contribution in [0.2, 0.25) is 0 Å². The molecule has 0 amide bonds. The highest BCUT2D eigenvalue weighted by atomic mass is 16.5. The van der Waals surface area contributed by atoms with E-state index in [4.69, 9.17) is 9.47 Å². The van der Waals surface area contributed by atoms with E-state index in [-0.39, 0.29) is 0 Å². The van der Waals surface area contributed by atoms with Crippen molar-refractivity contribution in [1.29, 1.82) is 0 Å². The van der Waals surface area contributed by atoms with Crippen LogP contribution in [0.3, 0.4) is 0 Å². The van der Waals surface area contributed by atoms with Crippen LogP contribution >= 0.6 is 0 Å². The molecule has 0 aliphatic heterocycles. The molecule has 0 saturated heterocycles. The molecule has 0 radical (unpaired) electrons. The minimum Gasteiger partial charge on any atom is -0.389 e. The molecule has 21 heavy (non-hydrogen) atoms. The van der Waals surface area contributed by atoms with Gasteiger partial charge < -0.3 is 19.9 Å². The van der Waals surface area contributed by atoms with Crippen molar-refractivity contribution in [2.75, 3.05) is 26.4 Å². The van der Waals surface area contributed by atoms with Crippen molar-refractivity contribution in [3.63, 3.8) is 0 Å². The second kappa shape index (κ2) is 11.7. The molecule has 0 saturated carbocycles. The molecule has 4 nitrogen and oxygen atoms in total. The summed E-state index contributed by atoms with van der Waals surface area (Å²) in [6.45, 7) is 7.87. The van der Waals surface area contributed by atoms with E-state index in [0.717, 1.165) is 32.6 Å². The van der Waals surface area contributed by atoms with Crippen LogP contribution in [-0.4, -0.2) is 37.6 Å². The first-order valence-electron chi connectivity index (χ1n) is 7.89. The summed E-state index contributed by atoms with van der Waals surface area (Å²) in [7, 11) is 0. The summed E-state index contributed by atoms with van der Waals surface area (Å²) in [4.78, 5) is 0. The van der Waals surface area contributed by atoms with Gasteiger partial charge >= 0.3 is 0 Å². The summed E-state index contributed by atoms with van der Waals surface area (Å²) >= 11 is 0. The Bertz CT molecular complexity index is 371. The predicted molar refractivity (Wildman–Crippen MR) is 85.2 cm³/mol. The highest BCUT2D eigenvalue weighted by molar-refractivity contribution is 5.26. The lowest BCUT2D eigenvalue weighted by Gasteiger charge is -2.14. The molecule has 0 spiro atoms. The summed E-state index contributed by atoms with van der Waals surface area (Å²) in [6, 6.07) is 8.22. The Hall–Kier alpha value is -0.940. The lowest BCUT2D eigenvalue weighted by atomic mass is 10.1. The first-order chi connectivity index (χ1) is 10.3. The molecule has 1 aromatic carbocycles. The zero-order valence-electron chi connectivity index (χ0n) is 13.3. The summed E-state index contributed by atoms with van der Waals surface area (Å²) in [5.41, 5.74) is 2.41. The number of aliphatic hydroxyl groups excluding tert-OH is 1. The second-order valence-electron chi connectivity index (χ2n) is 5.12. The third-order valence-corrected chi connectivity index (χ3v) is 3.23. The van der Waals surface area contributed by atoms with Crippen molar-refractivity contribution in [2.45, 2.75) is 45.9 Å². The van der Waals surface area contributed by atoms with Gasteiger partial charge in [0.05, 0.1) is 19.3 Å². The third kappa shape index (κ3) is 8.17. The summed E-state index contributed by atoms with van der Waals surface area (Å²) in [5.74, 6) is 0. The monoisotopic (exact) mass is 295 g/mol. The van der Waals surface area contributed by atoms with E-state index >= 15 is 0 Å². The zero-order valence-corrected chi connectivity index (χ0v) is 13.3. The van der Waals surface area contributed by atoms with Gasteiger partial charge in [0.1, 0.15) is 0 Å². The molecule has 0 heterocycles. The van der Waals surface area contributed by atoms with Gasteiger partial charge in [-0.25, -0.2) is 0 Å². The molecule has 0 aliphatic rings. The fourth-order valence-corrected chi connectivity index (χ4v) is 1.98. The Morgan fingerprint density at radius 3 is 2.62 bits per heavy atom. The van der Waals surface area contributed by atoms with Gasteiger partial charge in [0.15, 0.2) is 0 Å². The van der Waals surface area contributed by atoms with E-state index in [9.17, 15) is 5.11 Å². The van der Waals surface area contributed by atoms with Gasteiger partial charge in [-0.05, 0) is 24.5 Å². The third-order valence-electron chi connectivity index (χ3n) is 3.23. The fourth-order valence-electron chi connectivity index (χ4n) is 1.98. The minimum absolute atomic E-state index is 0.396. The molecule has 0 bridgehead atoms. The Labute approximate surface area is 128 Å². The SMILES string of the molecule is CCCCOCC(O)CNCc1ccccc1COCC. The van der Waals surface area contributed by atoms with Gasteiger partial charge in [-0.3, -0.25) is 0 Å². The number of benzene rings is 1. The summed E-state index contributed by atoms with van der Waals surface area (Å²) < 4.78 is 10.9. The largest absolute Gasteiger partial charge is 0.389 e. The number of nitrogens with one attached hydrogen (secondary N) is 1. The maximum absolute atomic E-state index is 9.83. The van der Waals surface area contributed by atoms with Gasteiger partial charge in [-0.15, -0.1) is 0 Å². The van der Waals surface area contributed by atoms with Crippen molar-refractivity contribution in [3.05, 3.63) is 35.4 Å². The predicted octanol–water partition coefficient (Wildman–Crippen LogP) is 2.49. The van der Waals surface area contributed by atoms with Crippen LogP contribution in [0, 0.1) is 0 Å². The lowest BCUT2D eigenvalue weighted by molar-refractivity contribution is 0.0357. The average molecular weight is 295 g/mol. The molecule has 2 N–H and O–H groups in total. The molecular formula is C17H29NO3. The molecule has 1 rings (SSSR count). The summed E-state index contributed by atoms with van der Waals surface area (Å²) in [6.07, 6.45) is 1.71. The number of rotatable bonds is 12. The Morgan fingerprint density at radius 1 is 1.14 bits per heavy atom. The van der Waals surface area contributed by atoms with Crippen molar-refractivity contribution < 1.29 is 14.6 Å². The number of hydrogen-bond acceptors (Lipinski definition) is 4. The van der Waals surface area contributed by atoms with Crippen molar-refractivity contribution >= 4 is 0 Å². The molecule has 0 fully saturated rings. The van der Waals surface area contributed by atoms with E-state index < -0.39 is 6.10 Å². The van der Waals surface area contributed by atoms with Crippen molar-refractivity contribution in [1.82, 2.24) is 5.32 Å². The van der Waals surface area contributed by atoms with Gasteiger partial charge in [-0.1, -0.05) is 37.6 Å². The molecule has 0 aliphatic carbocycles. The Morgan fingerprint density at radius 2 is 1.90 bits per heavy atom. The van der Waals surface area contributed by atoms with Crippen LogP contribution in [0.15, 0.2) is 24.3 Å². The van der Waals surface area contributed by atoms with Crippen LogP contribution in [-0.2, 0) is 22.6 Å². The molecule has 120 valence electrons. The van der Waals surface area contributed by atoms with Gasteiger partial charge in [0.2, 0.25) is 0 Å². The van der Waals surface area contributed by atoms with Crippen LogP contribution in [0.1, 0.15) is 37.8 Å². The molecule has 1 unspecified atom stereocenters. The quantitative estimate of drug-likeness (QED) is 0.582. The van der Waals surface area contributed by atoms with Crippen LogP contribution in [0.5, 0.6) is 0 Å². The van der Waals surface area contributed by atoms with E-state index in [1.54, 1.807) is 0 Å². The minimum atomic E-state index is -0.457. The molecular weight excluding hydrogens is 266 g/mol. The fraction of sp³-hybridized carbons (Fsp3) is 0.647. The highest BCUT2D eigenvalue weighted by Crippen LogP contribution is 2.09. The van der Waals surface area contributed by atoms with E-state index in [1.165, 1.54) is 11.1 Å². The number of ether oxygens (including phenoxy) is 2. The normalized spacial score (nSPS) is 12.5. The highest BCUT2D eigenvalue weighted by Gasteiger charge is 2.05. The molecule has 0 aromatic heterocycles. The van der Waals surface area contributed by atoms with E-state index in [2.05, 4.69) is 24.4 Å². The molecule has 1 atom stereocenters. The van der Waals surface area contributed by atoms with Crippen LogP contribution < -0.4 is 5.32 Å². The molecule has 4 heteroatoms. The Kier molecular flexibility index (Phi) is 10.1. The van der Waals surface area contributed by atoms with Crippen molar-refractivity contribution in [2.24, 2.45) is 0 Å². The Balaban J connectivity index is 2.25. The molecule has 1 aromatic rings. The van der Waals surface area contributed by atoms with E-state index in [1.807, 2.05) is 19.1 Å². The smallest absolute Gasteiger partial charge is 0.0897 e. The first kappa shape index (κ1) is 18.1. The number of hydrogen-bond donors (Lipinski definition) is 2. The first-order valence-corrected chi connectivity index (χ1v) is 7.89. The van der Waals surface area contributed by atoms with Gasteiger partial charge in [0.25, 0.3) is 0 Å². The van der Waals surface area contributed by atoms with Gasteiger partial charge in [-0.2, -0.15) is 0 Å². The van der Waals surface area contributed by atoms with Crippen molar-refractivity contribution in [3.8, 4) is 0 Å². The average Bonchev–Trinajstić information content (AvgIpc) is 2.50. The maximum Gasteiger partial charge on any atom is 0.0897 e. The number of unbranched alkanes of at least 4 members (excludes halogenated alkanes) is 1. The van der Waals surface area contributed by atoms with Gasteiger partial charge in [0, 0.05) is 26.3 Å². The standard InChI is InChI=1S/C17H29NO3/c1-3-5-10-21-14-17(19)12-18-11-15-8-6-7-9-16(15)13-20-4-2/h6-9,17-19H,3-5,10-14H2,1-2H3. The van der Waals surface area contributed by atoms with Crippen LogP contribution in [0.25, 0.3) is 0 Å².